The lowest BCUT2D eigenvalue weighted by atomic mass is 10.1. The Morgan fingerprint density at radius 2 is 1.68 bits per heavy atom. The fourth-order valence-corrected chi connectivity index (χ4v) is 4.40. The number of urea groups is 1. The van der Waals surface area contributed by atoms with E-state index < -0.39 is 0 Å². The predicted molar refractivity (Wildman–Crippen MR) is 128 cm³/mol. The molecule has 0 saturated carbocycles. The maximum Gasteiger partial charge on any atom is 0.323 e. The zero-order chi connectivity index (χ0) is 22.0. The van der Waals surface area contributed by atoms with Crippen LogP contribution in [0.5, 0.6) is 0 Å². The van der Waals surface area contributed by atoms with Crippen LogP contribution in [0.1, 0.15) is 22.3 Å². The minimum absolute atomic E-state index is 0.0649. The van der Waals surface area contributed by atoms with E-state index in [9.17, 15) is 9.59 Å². The number of hydrogen-bond donors (Lipinski definition) is 2. The smallest absolute Gasteiger partial charge is 0.308 e. The molecule has 0 unspecified atom stereocenters. The fourth-order valence-electron chi connectivity index (χ4n) is 3.48. The lowest BCUT2D eigenvalue weighted by Gasteiger charge is -2.29. The van der Waals surface area contributed by atoms with Crippen molar-refractivity contribution < 1.29 is 9.59 Å². The second kappa shape index (κ2) is 8.86. The monoisotopic (exact) mass is 431 g/mol. The summed E-state index contributed by atoms with van der Waals surface area (Å²) >= 11 is 1.53. The van der Waals surface area contributed by atoms with Crippen molar-refractivity contribution in [3.8, 4) is 0 Å². The lowest BCUT2D eigenvalue weighted by Crippen LogP contribution is -2.34. The Hall–Kier alpha value is -3.25. The van der Waals surface area contributed by atoms with Gasteiger partial charge in [-0.2, -0.15) is 0 Å². The lowest BCUT2D eigenvalue weighted by molar-refractivity contribution is -0.116. The Bertz CT molecular complexity index is 1140. The van der Waals surface area contributed by atoms with Gasteiger partial charge in [-0.15, -0.1) is 11.8 Å². The molecule has 3 aromatic carbocycles. The van der Waals surface area contributed by atoms with Gasteiger partial charge in [-0.05, 0) is 61.7 Å². The van der Waals surface area contributed by atoms with Gasteiger partial charge in [0.2, 0.25) is 5.91 Å². The second-order valence-corrected chi connectivity index (χ2v) is 8.85. The maximum atomic E-state index is 12.7. The van der Waals surface area contributed by atoms with Crippen LogP contribution in [-0.4, -0.2) is 17.7 Å². The van der Waals surface area contributed by atoms with E-state index >= 15 is 0 Å². The topological polar surface area (TPSA) is 61.4 Å². The van der Waals surface area contributed by atoms with Gasteiger partial charge in [-0.1, -0.05) is 42.0 Å². The summed E-state index contributed by atoms with van der Waals surface area (Å²) in [4.78, 5) is 28.1. The van der Waals surface area contributed by atoms with E-state index in [1.54, 1.807) is 4.90 Å². The van der Waals surface area contributed by atoms with Crippen LogP contribution in [0.25, 0.3) is 0 Å². The maximum absolute atomic E-state index is 12.7. The number of carbonyl (C=O) groups is 2. The third-order valence-electron chi connectivity index (χ3n) is 5.26. The molecule has 0 spiro atoms. The zero-order valence-electron chi connectivity index (χ0n) is 17.9. The van der Waals surface area contributed by atoms with Gasteiger partial charge < -0.3 is 15.5 Å². The van der Waals surface area contributed by atoms with E-state index in [0.29, 0.717) is 18.0 Å². The van der Waals surface area contributed by atoms with Crippen molar-refractivity contribution in [2.75, 3.05) is 21.3 Å². The first kappa shape index (κ1) is 21.0. The molecule has 4 rings (SSSR count). The number of fused-ring (bicyclic) bond motifs is 1. The largest absolute Gasteiger partial charge is 0.323 e. The number of anilines is 3. The Kier molecular flexibility index (Phi) is 6.00. The average Bonchev–Trinajstić information content (AvgIpc) is 2.74. The van der Waals surface area contributed by atoms with Crippen molar-refractivity contribution in [1.82, 2.24) is 0 Å². The summed E-state index contributed by atoms with van der Waals surface area (Å²) in [6.07, 6.45) is 0. The number of carbonyl (C=O) groups excluding carboxylic acids is 2. The number of benzene rings is 3. The molecule has 1 heterocycles. The summed E-state index contributed by atoms with van der Waals surface area (Å²) in [6, 6.07) is 19.5. The molecule has 1 aliphatic heterocycles. The molecule has 0 radical (unpaired) electrons. The van der Waals surface area contributed by atoms with Crippen molar-refractivity contribution in [3.63, 3.8) is 0 Å². The van der Waals surface area contributed by atoms with Crippen molar-refractivity contribution in [1.29, 1.82) is 0 Å². The Morgan fingerprint density at radius 3 is 2.45 bits per heavy atom. The average molecular weight is 432 g/mol. The highest BCUT2D eigenvalue weighted by Crippen LogP contribution is 2.38. The molecule has 0 aliphatic carbocycles. The summed E-state index contributed by atoms with van der Waals surface area (Å²) < 4.78 is 0. The summed E-state index contributed by atoms with van der Waals surface area (Å²) in [5.41, 5.74) is 6.59. The second-order valence-electron chi connectivity index (χ2n) is 7.83. The van der Waals surface area contributed by atoms with Gasteiger partial charge in [0.25, 0.3) is 0 Å². The Balaban J connectivity index is 1.54. The van der Waals surface area contributed by atoms with Crippen molar-refractivity contribution in [2.24, 2.45) is 0 Å². The molecule has 2 N–H and O–H groups in total. The minimum Gasteiger partial charge on any atom is -0.308 e. The Labute approximate surface area is 186 Å². The first-order valence-corrected chi connectivity index (χ1v) is 11.2. The van der Waals surface area contributed by atoms with Gasteiger partial charge in [0.05, 0.1) is 18.0 Å². The van der Waals surface area contributed by atoms with Crippen LogP contribution in [0.3, 0.4) is 0 Å². The molecule has 0 fully saturated rings. The molecule has 0 bridgehead atoms. The van der Waals surface area contributed by atoms with Crippen LogP contribution < -0.4 is 15.5 Å². The molecule has 31 heavy (non-hydrogen) atoms. The van der Waals surface area contributed by atoms with Gasteiger partial charge in [0.15, 0.2) is 0 Å². The van der Waals surface area contributed by atoms with E-state index in [1.807, 2.05) is 69.3 Å². The summed E-state index contributed by atoms with van der Waals surface area (Å²) in [6.45, 7) is 6.50. The standard InChI is InChI=1S/C25H25N3O2S/c1-16-5-8-19(9-6-16)14-28-22-13-20(10-11-23(22)31-15-24(28)29)26-25(30)27-21-12-17(2)4-7-18(21)3/h4-13H,14-15H2,1-3H3,(H2,26,27,30). The van der Waals surface area contributed by atoms with Crippen LogP contribution in [0, 0.1) is 20.8 Å². The normalized spacial score (nSPS) is 13.0. The molecule has 0 saturated heterocycles. The van der Waals surface area contributed by atoms with Crippen LogP contribution in [0.4, 0.5) is 21.9 Å². The number of rotatable bonds is 4. The zero-order valence-corrected chi connectivity index (χ0v) is 18.7. The van der Waals surface area contributed by atoms with Crippen LogP contribution in [-0.2, 0) is 11.3 Å². The predicted octanol–water partition coefficient (Wildman–Crippen LogP) is 5.89. The van der Waals surface area contributed by atoms with Crippen molar-refractivity contribution in [2.45, 2.75) is 32.2 Å². The van der Waals surface area contributed by atoms with Crippen LogP contribution >= 0.6 is 11.8 Å². The first-order valence-electron chi connectivity index (χ1n) is 10.2. The van der Waals surface area contributed by atoms with Gasteiger partial charge in [-0.3, -0.25) is 4.79 Å². The summed E-state index contributed by atoms with van der Waals surface area (Å²) in [7, 11) is 0. The summed E-state index contributed by atoms with van der Waals surface area (Å²) in [5, 5.41) is 5.81. The number of nitrogens with zero attached hydrogens (tertiary/aromatic N) is 1. The van der Waals surface area contributed by atoms with E-state index in [2.05, 4.69) is 22.8 Å². The first-order chi connectivity index (χ1) is 14.9. The molecule has 6 heteroatoms. The number of aryl methyl sites for hydroxylation is 3. The van der Waals surface area contributed by atoms with E-state index in [0.717, 1.165) is 33.0 Å². The minimum atomic E-state index is -0.312. The molecule has 5 nitrogen and oxygen atoms in total. The Morgan fingerprint density at radius 1 is 0.935 bits per heavy atom. The SMILES string of the molecule is Cc1ccc(CN2C(=O)CSc3ccc(NC(=O)Nc4cc(C)ccc4C)cc32)cc1. The molecule has 1 aliphatic rings. The summed E-state index contributed by atoms with van der Waals surface area (Å²) in [5.74, 6) is 0.480. The highest BCUT2D eigenvalue weighted by atomic mass is 32.2. The molecule has 3 amide bonds. The van der Waals surface area contributed by atoms with Gasteiger partial charge >= 0.3 is 6.03 Å². The molecular weight excluding hydrogens is 406 g/mol. The van der Waals surface area contributed by atoms with Crippen LogP contribution in [0.2, 0.25) is 0 Å². The third kappa shape index (κ3) is 4.91. The molecule has 158 valence electrons. The van der Waals surface area contributed by atoms with E-state index in [4.69, 9.17) is 0 Å². The van der Waals surface area contributed by atoms with E-state index in [-0.39, 0.29) is 11.9 Å². The van der Waals surface area contributed by atoms with Gasteiger partial charge in [-0.25, -0.2) is 4.79 Å². The van der Waals surface area contributed by atoms with Crippen molar-refractivity contribution >= 4 is 40.8 Å². The highest BCUT2D eigenvalue weighted by Gasteiger charge is 2.25. The fraction of sp³-hybridized carbons (Fsp3) is 0.200. The highest BCUT2D eigenvalue weighted by molar-refractivity contribution is 8.00. The quantitative estimate of drug-likeness (QED) is 0.541. The molecule has 0 aromatic heterocycles. The molecule has 0 atom stereocenters. The van der Waals surface area contributed by atoms with E-state index in [1.165, 1.54) is 17.3 Å². The number of hydrogen-bond acceptors (Lipinski definition) is 3. The van der Waals surface area contributed by atoms with Gasteiger partial charge in [0.1, 0.15) is 0 Å². The van der Waals surface area contributed by atoms with Crippen molar-refractivity contribution in [3.05, 3.63) is 82.9 Å². The van der Waals surface area contributed by atoms with Gasteiger partial charge in [0, 0.05) is 16.3 Å². The number of amides is 3. The third-order valence-corrected chi connectivity index (χ3v) is 6.31. The molecule has 3 aromatic rings. The molecular formula is C25H25N3O2S. The number of nitrogens with one attached hydrogen (secondary N) is 2. The van der Waals surface area contributed by atoms with Crippen LogP contribution in [0.15, 0.2) is 65.6 Å². The number of thioether (sulfide) groups is 1.